The fourth-order valence-electron chi connectivity index (χ4n) is 3.55. The van der Waals surface area contributed by atoms with Crippen LogP contribution in [0.25, 0.3) is 0 Å². The van der Waals surface area contributed by atoms with E-state index in [1.165, 1.54) is 12.5 Å². The smallest absolute Gasteiger partial charge is 0.240 e. The van der Waals surface area contributed by atoms with Crippen LogP contribution in [0.4, 0.5) is 5.69 Å². The van der Waals surface area contributed by atoms with Crippen LogP contribution in [0.2, 0.25) is 0 Å². The van der Waals surface area contributed by atoms with Crippen molar-refractivity contribution in [3.8, 4) is 5.75 Å². The van der Waals surface area contributed by atoms with Gasteiger partial charge in [0, 0.05) is 25.7 Å². The van der Waals surface area contributed by atoms with Crippen molar-refractivity contribution in [2.75, 3.05) is 24.6 Å². The first-order chi connectivity index (χ1) is 14.1. The number of sulfonamides is 1. The van der Waals surface area contributed by atoms with Crippen molar-refractivity contribution in [2.45, 2.75) is 50.8 Å². The largest absolute Gasteiger partial charge is 0.492 e. The van der Waals surface area contributed by atoms with Crippen LogP contribution in [-0.2, 0) is 26.7 Å². The van der Waals surface area contributed by atoms with Crippen molar-refractivity contribution in [3.05, 3.63) is 53.6 Å². The highest BCUT2D eigenvalue weighted by atomic mass is 32.2. The summed E-state index contributed by atoms with van der Waals surface area (Å²) in [5.41, 5.74) is 2.97. The van der Waals surface area contributed by atoms with Gasteiger partial charge in [-0.1, -0.05) is 32.9 Å². The first-order valence-corrected chi connectivity index (χ1v) is 11.7. The van der Waals surface area contributed by atoms with Gasteiger partial charge in [0.05, 0.1) is 4.90 Å². The third-order valence-electron chi connectivity index (χ3n) is 5.24. The van der Waals surface area contributed by atoms with Gasteiger partial charge in [0.25, 0.3) is 0 Å². The summed E-state index contributed by atoms with van der Waals surface area (Å²) in [6, 6.07) is 12.8. The monoisotopic (exact) mass is 430 g/mol. The molecule has 6 nitrogen and oxygen atoms in total. The number of ether oxygens (including phenoxy) is 1. The minimum Gasteiger partial charge on any atom is -0.492 e. The van der Waals surface area contributed by atoms with Gasteiger partial charge >= 0.3 is 0 Å². The Morgan fingerprint density at radius 3 is 2.47 bits per heavy atom. The van der Waals surface area contributed by atoms with E-state index in [9.17, 15) is 13.2 Å². The lowest BCUT2D eigenvalue weighted by molar-refractivity contribution is -0.116. The van der Waals surface area contributed by atoms with Crippen LogP contribution in [-0.4, -0.2) is 34.0 Å². The highest BCUT2D eigenvalue weighted by Crippen LogP contribution is 2.29. The molecule has 1 amide bonds. The van der Waals surface area contributed by atoms with Gasteiger partial charge in [0.1, 0.15) is 12.4 Å². The number of benzene rings is 2. The zero-order valence-corrected chi connectivity index (χ0v) is 18.9. The van der Waals surface area contributed by atoms with Gasteiger partial charge in [0.15, 0.2) is 0 Å². The first kappa shape index (κ1) is 22.3. The summed E-state index contributed by atoms with van der Waals surface area (Å²) in [5.74, 6) is 0.678. The summed E-state index contributed by atoms with van der Waals surface area (Å²) in [4.78, 5) is 13.7. The summed E-state index contributed by atoms with van der Waals surface area (Å²) in [6.45, 7) is 9.04. The van der Waals surface area contributed by atoms with E-state index in [1.54, 1.807) is 23.1 Å². The number of fused-ring (bicyclic) bond motifs is 1. The second kappa shape index (κ2) is 8.78. The molecule has 0 saturated carbocycles. The van der Waals surface area contributed by atoms with Crippen molar-refractivity contribution in [2.24, 2.45) is 0 Å². The zero-order chi connectivity index (χ0) is 21.9. The fraction of sp³-hybridized carbons (Fsp3) is 0.435. The summed E-state index contributed by atoms with van der Waals surface area (Å²) in [7, 11) is -3.65. The van der Waals surface area contributed by atoms with Crippen molar-refractivity contribution < 1.29 is 17.9 Å². The molecule has 1 aliphatic heterocycles. The lowest BCUT2D eigenvalue weighted by atomic mass is 9.87. The number of amides is 1. The Hall–Kier alpha value is -2.38. The molecule has 162 valence electrons. The molecule has 0 unspecified atom stereocenters. The zero-order valence-electron chi connectivity index (χ0n) is 18.1. The van der Waals surface area contributed by atoms with Gasteiger partial charge in [-0.05, 0) is 59.7 Å². The molecule has 0 bridgehead atoms. The van der Waals surface area contributed by atoms with Gasteiger partial charge in [-0.25, -0.2) is 13.1 Å². The number of carbonyl (C=O) groups excluding carboxylic acids is 1. The highest BCUT2D eigenvalue weighted by molar-refractivity contribution is 7.89. The lowest BCUT2D eigenvalue weighted by Gasteiger charge is -2.28. The summed E-state index contributed by atoms with van der Waals surface area (Å²) in [6.07, 6.45) is 1.58. The van der Waals surface area contributed by atoms with Crippen LogP contribution in [0.1, 0.15) is 45.2 Å². The van der Waals surface area contributed by atoms with Gasteiger partial charge < -0.3 is 9.64 Å². The van der Waals surface area contributed by atoms with Crippen molar-refractivity contribution >= 4 is 21.6 Å². The van der Waals surface area contributed by atoms with Crippen LogP contribution in [0.3, 0.4) is 0 Å². The Morgan fingerprint density at radius 2 is 1.83 bits per heavy atom. The molecular weight excluding hydrogens is 400 g/mol. The third-order valence-corrected chi connectivity index (χ3v) is 6.70. The molecule has 1 N–H and O–H groups in total. The molecule has 30 heavy (non-hydrogen) atoms. The predicted molar refractivity (Wildman–Crippen MR) is 119 cm³/mol. The minimum atomic E-state index is -3.65. The van der Waals surface area contributed by atoms with E-state index < -0.39 is 10.0 Å². The number of hydrogen-bond donors (Lipinski definition) is 1. The summed E-state index contributed by atoms with van der Waals surface area (Å²) in [5, 5.41) is 0. The van der Waals surface area contributed by atoms with Crippen LogP contribution >= 0.6 is 0 Å². The molecule has 0 radical (unpaired) electrons. The third kappa shape index (κ3) is 5.21. The van der Waals surface area contributed by atoms with Gasteiger partial charge in [-0.2, -0.15) is 0 Å². The van der Waals surface area contributed by atoms with E-state index in [2.05, 4.69) is 25.5 Å². The van der Waals surface area contributed by atoms with Crippen LogP contribution in [0.5, 0.6) is 5.75 Å². The number of hydrogen-bond acceptors (Lipinski definition) is 4. The Labute approximate surface area is 179 Å². The highest BCUT2D eigenvalue weighted by Gasteiger charge is 2.23. The van der Waals surface area contributed by atoms with Crippen LogP contribution in [0, 0.1) is 0 Å². The van der Waals surface area contributed by atoms with E-state index in [-0.39, 0.29) is 29.4 Å². The van der Waals surface area contributed by atoms with Crippen LogP contribution in [0.15, 0.2) is 47.4 Å². The number of carbonyl (C=O) groups is 1. The summed E-state index contributed by atoms with van der Waals surface area (Å²) >= 11 is 0. The van der Waals surface area contributed by atoms with Crippen molar-refractivity contribution in [1.82, 2.24) is 4.72 Å². The van der Waals surface area contributed by atoms with Crippen LogP contribution < -0.4 is 14.4 Å². The SMILES string of the molecule is CC(=O)N1CCCc2cc(S(=O)(=O)NCCOc3ccc(C(C)(C)C)cc3)ccc21. The maximum Gasteiger partial charge on any atom is 0.240 e. The molecule has 0 fully saturated rings. The molecule has 0 aliphatic carbocycles. The standard InChI is InChI=1S/C23H30N2O4S/c1-17(26)25-14-5-6-18-16-21(11-12-22(18)25)30(27,28)24-13-15-29-20-9-7-19(8-10-20)23(2,3)4/h7-12,16,24H,5-6,13-15H2,1-4H3. The molecule has 3 rings (SSSR count). The number of anilines is 1. The minimum absolute atomic E-state index is 0.0302. The van der Waals surface area contributed by atoms with Gasteiger partial charge in [0.2, 0.25) is 15.9 Å². The molecule has 7 heteroatoms. The molecule has 1 aliphatic rings. The maximum absolute atomic E-state index is 12.7. The average Bonchev–Trinajstić information content (AvgIpc) is 2.70. The second-order valence-electron chi connectivity index (χ2n) is 8.59. The Morgan fingerprint density at radius 1 is 1.13 bits per heavy atom. The molecule has 2 aromatic rings. The topological polar surface area (TPSA) is 75.7 Å². The lowest BCUT2D eigenvalue weighted by Crippen LogP contribution is -2.34. The fourth-order valence-corrected chi connectivity index (χ4v) is 4.61. The second-order valence-corrected chi connectivity index (χ2v) is 10.4. The predicted octanol–water partition coefficient (Wildman–Crippen LogP) is 3.64. The maximum atomic E-state index is 12.7. The van der Waals surface area contributed by atoms with E-state index in [4.69, 9.17) is 4.74 Å². The molecule has 0 aromatic heterocycles. The van der Waals surface area contributed by atoms with Gasteiger partial charge in [-0.3, -0.25) is 4.79 Å². The average molecular weight is 431 g/mol. The number of rotatable bonds is 6. The molecule has 1 heterocycles. The summed E-state index contributed by atoms with van der Waals surface area (Å²) < 4.78 is 33.6. The van der Waals surface area contributed by atoms with E-state index in [0.717, 1.165) is 24.1 Å². The van der Waals surface area contributed by atoms with E-state index in [1.807, 2.05) is 24.3 Å². The number of nitrogens with one attached hydrogen (secondary N) is 1. The van der Waals surface area contributed by atoms with E-state index >= 15 is 0 Å². The Bertz CT molecular complexity index is 1010. The first-order valence-electron chi connectivity index (χ1n) is 10.2. The van der Waals surface area contributed by atoms with Gasteiger partial charge in [-0.15, -0.1) is 0 Å². The van der Waals surface area contributed by atoms with E-state index in [0.29, 0.717) is 12.3 Å². The number of aryl methyl sites for hydroxylation is 1. The molecule has 0 atom stereocenters. The molecule has 0 spiro atoms. The Balaban J connectivity index is 1.59. The quantitative estimate of drug-likeness (QED) is 0.710. The van der Waals surface area contributed by atoms with Crippen molar-refractivity contribution in [1.29, 1.82) is 0 Å². The van der Waals surface area contributed by atoms with Crippen molar-refractivity contribution in [3.63, 3.8) is 0 Å². The molecule has 2 aromatic carbocycles. The molecule has 0 saturated heterocycles. The number of nitrogens with zero attached hydrogens (tertiary/aromatic N) is 1. The molecular formula is C23H30N2O4S. The Kier molecular flexibility index (Phi) is 6.53. The normalized spacial score (nSPS) is 14.3.